The largest absolute Gasteiger partial charge is 0.490 e. The van der Waals surface area contributed by atoms with Gasteiger partial charge in [-0.15, -0.1) is 0 Å². The molecule has 1 aliphatic rings. The molecule has 17 heavy (non-hydrogen) atoms. The van der Waals surface area contributed by atoms with Crippen molar-refractivity contribution in [3.8, 4) is 5.75 Å². The van der Waals surface area contributed by atoms with Crippen molar-refractivity contribution in [3.05, 3.63) is 28.8 Å². The first-order chi connectivity index (χ1) is 8.24. The number of ether oxygens (including phenoxy) is 1. The topological polar surface area (TPSA) is 35.2 Å². The summed E-state index contributed by atoms with van der Waals surface area (Å²) >= 11 is 6.09. The molecule has 0 bridgehead atoms. The molecular formula is C14H20ClNO. The summed E-state index contributed by atoms with van der Waals surface area (Å²) in [6.07, 6.45) is 4.74. The average Bonchev–Trinajstić information content (AvgIpc) is 2.79. The molecule has 1 fully saturated rings. The molecule has 0 aliphatic heterocycles. The molecule has 1 aliphatic carbocycles. The average molecular weight is 254 g/mol. The van der Waals surface area contributed by atoms with E-state index in [1.165, 1.54) is 12.8 Å². The molecule has 0 heterocycles. The lowest BCUT2D eigenvalue weighted by Gasteiger charge is -2.20. The summed E-state index contributed by atoms with van der Waals surface area (Å²) in [5.74, 6) is 1.44. The minimum absolute atomic E-state index is 0.283. The van der Waals surface area contributed by atoms with Crippen LogP contribution in [0.3, 0.4) is 0 Å². The van der Waals surface area contributed by atoms with Crippen LogP contribution in [0.2, 0.25) is 5.02 Å². The molecule has 2 nitrogen and oxygen atoms in total. The van der Waals surface area contributed by atoms with Crippen molar-refractivity contribution in [1.82, 2.24) is 0 Å². The summed E-state index contributed by atoms with van der Waals surface area (Å²) in [4.78, 5) is 0. The Morgan fingerprint density at radius 2 is 2.24 bits per heavy atom. The summed E-state index contributed by atoms with van der Waals surface area (Å²) < 4.78 is 6.04. The van der Waals surface area contributed by atoms with E-state index in [1.807, 2.05) is 18.2 Å². The second kappa shape index (κ2) is 5.74. The number of benzene rings is 1. The van der Waals surface area contributed by atoms with E-state index in [0.717, 1.165) is 35.7 Å². The first-order valence-electron chi connectivity index (χ1n) is 6.39. The van der Waals surface area contributed by atoms with Gasteiger partial charge in [-0.1, -0.05) is 18.5 Å². The van der Waals surface area contributed by atoms with Crippen molar-refractivity contribution >= 4 is 11.6 Å². The van der Waals surface area contributed by atoms with Crippen LogP contribution in [0.15, 0.2) is 18.2 Å². The number of halogens is 1. The zero-order valence-corrected chi connectivity index (χ0v) is 11.0. The van der Waals surface area contributed by atoms with Crippen LogP contribution in [-0.4, -0.2) is 12.6 Å². The third-order valence-electron chi connectivity index (χ3n) is 3.58. The van der Waals surface area contributed by atoms with Gasteiger partial charge in [0, 0.05) is 10.9 Å². The van der Waals surface area contributed by atoms with Crippen LogP contribution in [0.1, 0.15) is 31.7 Å². The van der Waals surface area contributed by atoms with Crippen LogP contribution in [0.4, 0.5) is 0 Å². The fourth-order valence-corrected chi connectivity index (χ4v) is 2.75. The molecule has 0 amide bonds. The van der Waals surface area contributed by atoms with E-state index in [0.29, 0.717) is 5.92 Å². The highest BCUT2D eigenvalue weighted by atomic mass is 35.5. The molecule has 1 aromatic rings. The van der Waals surface area contributed by atoms with Crippen molar-refractivity contribution < 1.29 is 4.74 Å². The molecule has 2 unspecified atom stereocenters. The normalized spacial score (nSPS) is 23.9. The van der Waals surface area contributed by atoms with Crippen molar-refractivity contribution in [2.75, 3.05) is 6.54 Å². The Kier molecular flexibility index (Phi) is 4.30. The maximum absolute atomic E-state index is 6.09. The van der Waals surface area contributed by atoms with E-state index in [-0.39, 0.29) is 6.10 Å². The molecule has 3 heteroatoms. The molecule has 2 N–H and O–H groups in total. The SMILES string of the molecule is CCc1cc(OC2CCCC2CN)ccc1Cl. The number of hydrogen-bond acceptors (Lipinski definition) is 2. The summed E-state index contributed by atoms with van der Waals surface area (Å²) in [5.41, 5.74) is 6.90. The van der Waals surface area contributed by atoms with E-state index in [2.05, 4.69) is 6.92 Å². The first kappa shape index (κ1) is 12.7. The van der Waals surface area contributed by atoms with E-state index in [1.54, 1.807) is 0 Å². The van der Waals surface area contributed by atoms with Gasteiger partial charge in [0.25, 0.3) is 0 Å². The summed E-state index contributed by atoms with van der Waals surface area (Å²) in [5, 5.41) is 0.821. The Morgan fingerprint density at radius 1 is 1.41 bits per heavy atom. The van der Waals surface area contributed by atoms with Gasteiger partial charge < -0.3 is 10.5 Å². The minimum Gasteiger partial charge on any atom is -0.490 e. The molecule has 1 aromatic carbocycles. The molecule has 0 radical (unpaired) electrons. The van der Waals surface area contributed by atoms with Gasteiger partial charge in [0.15, 0.2) is 0 Å². The van der Waals surface area contributed by atoms with E-state index in [4.69, 9.17) is 22.1 Å². The van der Waals surface area contributed by atoms with Gasteiger partial charge in [0.05, 0.1) is 0 Å². The van der Waals surface area contributed by atoms with Gasteiger partial charge in [-0.25, -0.2) is 0 Å². The molecule has 0 saturated heterocycles. The van der Waals surface area contributed by atoms with E-state index >= 15 is 0 Å². The summed E-state index contributed by atoms with van der Waals surface area (Å²) in [6, 6.07) is 5.92. The Balaban J connectivity index is 2.08. The fraction of sp³-hybridized carbons (Fsp3) is 0.571. The molecule has 94 valence electrons. The molecule has 0 aromatic heterocycles. The van der Waals surface area contributed by atoms with Crippen LogP contribution in [0.25, 0.3) is 0 Å². The van der Waals surface area contributed by atoms with Gasteiger partial charge in [0.1, 0.15) is 11.9 Å². The smallest absolute Gasteiger partial charge is 0.120 e. The zero-order valence-electron chi connectivity index (χ0n) is 10.3. The predicted molar refractivity (Wildman–Crippen MR) is 71.6 cm³/mol. The fourth-order valence-electron chi connectivity index (χ4n) is 2.50. The monoisotopic (exact) mass is 253 g/mol. The lowest BCUT2D eigenvalue weighted by molar-refractivity contribution is 0.162. The highest BCUT2D eigenvalue weighted by Crippen LogP contribution is 2.30. The maximum atomic E-state index is 6.09. The van der Waals surface area contributed by atoms with Crippen molar-refractivity contribution in [1.29, 1.82) is 0 Å². The summed E-state index contributed by atoms with van der Waals surface area (Å²) in [7, 11) is 0. The van der Waals surface area contributed by atoms with Gasteiger partial charge in [0.2, 0.25) is 0 Å². The molecular weight excluding hydrogens is 234 g/mol. The standard InChI is InChI=1S/C14H20ClNO/c1-2-10-8-12(6-7-13(10)15)17-14-5-3-4-11(14)9-16/h6-8,11,14H,2-5,9,16H2,1H3. The zero-order chi connectivity index (χ0) is 12.3. The van der Waals surface area contributed by atoms with Crippen molar-refractivity contribution in [3.63, 3.8) is 0 Å². The Bertz CT molecular complexity index is 380. The second-order valence-electron chi connectivity index (χ2n) is 4.69. The Labute approximate surface area is 108 Å². The highest BCUT2D eigenvalue weighted by molar-refractivity contribution is 6.31. The minimum atomic E-state index is 0.283. The predicted octanol–water partition coefficient (Wildman–Crippen LogP) is 3.41. The molecule has 1 saturated carbocycles. The maximum Gasteiger partial charge on any atom is 0.120 e. The number of aryl methyl sites for hydroxylation is 1. The third kappa shape index (κ3) is 2.93. The Morgan fingerprint density at radius 3 is 2.94 bits per heavy atom. The number of rotatable bonds is 4. The lowest BCUT2D eigenvalue weighted by Crippen LogP contribution is -2.27. The van der Waals surface area contributed by atoms with Crippen molar-refractivity contribution in [2.24, 2.45) is 11.7 Å². The number of nitrogens with two attached hydrogens (primary N) is 1. The van der Waals surface area contributed by atoms with Crippen LogP contribution in [0.5, 0.6) is 5.75 Å². The number of hydrogen-bond donors (Lipinski definition) is 1. The van der Waals surface area contributed by atoms with E-state index in [9.17, 15) is 0 Å². The van der Waals surface area contributed by atoms with Crippen LogP contribution < -0.4 is 10.5 Å². The lowest BCUT2D eigenvalue weighted by atomic mass is 10.1. The van der Waals surface area contributed by atoms with Crippen LogP contribution in [0, 0.1) is 5.92 Å². The first-order valence-corrected chi connectivity index (χ1v) is 6.77. The van der Waals surface area contributed by atoms with Crippen LogP contribution in [-0.2, 0) is 6.42 Å². The molecule has 0 spiro atoms. The molecule has 2 rings (SSSR count). The summed E-state index contributed by atoms with van der Waals surface area (Å²) in [6.45, 7) is 2.82. The Hall–Kier alpha value is -0.730. The second-order valence-corrected chi connectivity index (χ2v) is 5.10. The molecule has 2 atom stereocenters. The quantitative estimate of drug-likeness (QED) is 0.893. The third-order valence-corrected chi connectivity index (χ3v) is 3.95. The van der Waals surface area contributed by atoms with Crippen molar-refractivity contribution in [2.45, 2.75) is 38.7 Å². The van der Waals surface area contributed by atoms with Gasteiger partial charge in [-0.3, -0.25) is 0 Å². The van der Waals surface area contributed by atoms with Gasteiger partial charge in [-0.05, 0) is 56.0 Å². The van der Waals surface area contributed by atoms with Gasteiger partial charge >= 0.3 is 0 Å². The van der Waals surface area contributed by atoms with Gasteiger partial charge in [-0.2, -0.15) is 0 Å². The highest BCUT2D eigenvalue weighted by Gasteiger charge is 2.27. The van der Waals surface area contributed by atoms with E-state index < -0.39 is 0 Å². The van der Waals surface area contributed by atoms with Crippen LogP contribution >= 0.6 is 11.6 Å².